The topological polar surface area (TPSA) is 123 Å². The number of hydrogen-bond acceptors (Lipinski definition) is 6. The van der Waals surface area contributed by atoms with Gasteiger partial charge in [0.25, 0.3) is 5.91 Å². The Morgan fingerprint density at radius 3 is 2.52 bits per heavy atom. The highest BCUT2D eigenvalue weighted by Crippen LogP contribution is 2.16. The lowest BCUT2D eigenvalue weighted by atomic mass is 10.3. The van der Waals surface area contributed by atoms with Crippen molar-refractivity contribution in [1.29, 1.82) is 0 Å². The van der Waals surface area contributed by atoms with Crippen LogP contribution in [0.25, 0.3) is 0 Å². The van der Waals surface area contributed by atoms with E-state index in [0.717, 1.165) is 0 Å². The number of amides is 1. The highest BCUT2D eigenvalue weighted by molar-refractivity contribution is 6.30. The minimum absolute atomic E-state index is 0.0482. The van der Waals surface area contributed by atoms with E-state index in [4.69, 9.17) is 23.3 Å². The van der Waals surface area contributed by atoms with Crippen molar-refractivity contribution < 1.29 is 4.79 Å². The van der Waals surface area contributed by atoms with Crippen molar-refractivity contribution in [2.24, 2.45) is 16.7 Å². The molecule has 0 atom stereocenters. The van der Waals surface area contributed by atoms with Crippen LogP contribution in [0.15, 0.2) is 47.8 Å². The lowest BCUT2D eigenvalue weighted by Crippen LogP contribution is -2.52. The van der Waals surface area contributed by atoms with Crippen molar-refractivity contribution in [2.45, 2.75) is 0 Å². The van der Waals surface area contributed by atoms with Gasteiger partial charge >= 0.3 is 0 Å². The molecule has 0 bridgehead atoms. The molecule has 0 aliphatic rings. The number of benzene rings is 1. The summed E-state index contributed by atoms with van der Waals surface area (Å²) in [6.07, 6.45) is 4.16. The SMILES string of the molecule is NN(N)C(=Nc1ccc(Cl)cc1)NC(=O)c1cnccn1. The van der Waals surface area contributed by atoms with Crippen molar-refractivity contribution in [3.05, 3.63) is 53.6 Å². The standard InChI is InChI=1S/C12H12ClN7O/c13-8-1-3-9(4-2-8)18-12(20(14)15)19-11(21)10-7-16-5-6-17-10/h1-7H,14-15H2,(H,18,19,21). The zero-order valence-corrected chi connectivity index (χ0v) is 11.5. The number of guanidine groups is 1. The molecule has 0 saturated heterocycles. The van der Waals surface area contributed by atoms with Crippen LogP contribution >= 0.6 is 11.6 Å². The van der Waals surface area contributed by atoms with Crippen molar-refractivity contribution in [2.75, 3.05) is 0 Å². The largest absolute Gasteiger partial charge is 0.288 e. The quantitative estimate of drug-likeness (QED) is 0.323. The van der Waals surface area contributed by atoms with Gasteiger partial charge in [0, 0.05) is 17.4 Å². The van der Waals surface area contributed by atoms with E-state index in [1.54, 1.807) is 24.3 Å². The molecule has 1 amide bonds. The fraction of sp³-hybridized carbons (Fsp3) is 0. The van der Waals surface area contributed by atoms with Crippen LogP contribution in [-0.4, -0.2) is 27.0 Å². The summed E-state index contributed by atoms with van der Waals surface area (Å²) < 4.78 is 0. The van der Waals surface area contributed by atoms with E-state index in [1.807, 2.05) is 0 Å². The lowest BCUT2D eigenvalue weighted by Gasteiger charge is -2.15. The maximum atomic E-state index is 12.0. The van der Waals surface area contributed by atoms with Gasteiger partial charge in [0.05, 0.1) is 11.9 Å². The van der Waals surface area contributed by atoms with E-state index in [-0.39, 0.29) is 11.7 Å². The molecular formula is C12H12ClN7O. The zero-order valence-electron chi connectivity index (χ0n) is 10.8. The second-order valence-corrected chi connectivity index (χ2v) is 4.30. The molecule has 0 fully saturated rings. The van der Waals surface area contributed by atoms with Crippen LogP contribution in [0.3, 0.4) is 0 Å². The Morgan fingerprint density at radius 2 is 1.95 bits per heavy atom. The number of nitrogens with one attached hydrogen (secondary N) is 1. The monoisotopic (exact) mass is 305 g/mol. The second kappa shape index (κ2) is 6.75. The third kappa shape index (κ3) is 4.21. The summed E-state index contributed by atoms with van der Waals surface area (Å²) in [7, 11) is 0. The predicted molar refractivity (Wildman–Crippen MR) is 78.3 cm³/mol. The number of rotatable bonds is 2. The molecule has 1 aromatic carbocycles. The van der Waals surface area contributed by atoms with E-state index in [1.165, 1.54) is 18.6 Å². The van der Waals surface area contributed by atoms with Gasteiger partial charge in [0.2, 0.25) is 5.96 Å². The number of nitrogens with zero attached hydrogens (tertiary/aromatic N) is 4. The Hall–Kier alpha value is -2.55. The fourth-order valence-electron chi connectivity index (χ4n) is 1.37. The smallest absolute Gasteiger partial charge is 0.278 e. The number of hydrogen-bond donors (Lipinski definition) is 3. The van der Waals surface area contributed by atoms with E-state index in [0.29, 0.717) is 15.8 Å². The molecule has 21 heavy (non-hydrogen) atoms. The van der Waals surface area contributed by atoms with Crippen molar-refractivity contribution in [3.63, 3.8) is 0 Å². The minimum atomic E-state index is -0.531. The predicted octanol–water partition coefficient (Wildman–Crippen LogP) is 0.597. The van der Waals surface area contributed by atoms with Crippen LogP contribution < -0.4 is 17.0 Å². The van der Waals surface area contributed by atoms with E-state index in [9.17, 15) is 4.79 Å². The van der Waals surface area contributed by atoms with Gasteiger partial charge in [-0.3, -0.25) is 15.1 Å². The van der Waals surface area contributed by atoms with Crippen LogP contribution in [0.5, 0.6) is 0 Å². The number of carbonyl (C=O) groups excluding carboxylic acids is 1. The summed E-state index contributed by atoms with van der Waals surface area (Å²) in [4.78, 5) is 23.7. The van der Waals surface area contributed by atoms with Gasteiger partial charge in [-0.1, -0.05) is 11.6 Å². The van der Waals surface area contributed by atoms with Crippen LogP contribution in [0.1, 0.15) is 10.5 Å². The Bertz CT molecular complexity index is 642. The van der Waals surface area contributed by atoms with Crippen molar-refractivity contribution in [3.8, 4) is 0 Å². The molecule has 0 saturated carbocycles. The first-order valence-corrected chi connectivity index (χ1v) is 6.15. The molecule has 2 rings (SSSR count). The Morgan fingerprint density at radius 1 is 1.24 bits per heavy atom. The molecule has 2 aromatic rings. The van der Waals surface area contributed by atoms with Gasteiger partial charge in [-0.15, -0.1) is 0 Å². The molecular weight excluding hydrogens is 294 g/mol. The van der Waals surface area contributed by atoms with E-state index >= 15 is 0 Å². The number of carbonyl (C=O) groups is 1. The van der Waals surface area contributed by atoms with Crippen molar-refractivity contribution >= 4 is 29.2 Å². The molecule has 1 heterocycles. The summed E-state index contributed by atoms with van der Waals surface area (Å²) in [5.41, 5.74) is 0.637. The van der Waals surface area contributed by atoms with E-state index in [2.05, 4.69) is 20.3 Å². The first-order chi connectivity index (χ1) is 10.1. The first kappa shape index (κ1) is 14.9. The highest BCUT2D eigenvalue weighted by atomic mass is 35.5. The van der Waals surface area contributed by atoms with Gasteiger partial charge in [0.15, 0.2) is 0 Å². The molecule has 1 aromatic heterocycles. The average Bonchev–Trinajstić information content (AvgIpc) is 2.49. The van der Waals surface area contributed by atoms with Crippen molar-refractivity contribution in [1.82, 2.24) is 20.4 Å². The second-order valence-electron chi connectivity index (χ2n) is 3.86. The van der Waals surface area contributed by atoms with Gasteiger partial charge in [-0.2, -0.15) is 0 Å². The number of aliphatic imine (C=N–C) groups is 1. The first-order valence-electron chi connectivity index (χ1n) is 5.77. The van der Waals surface area contributed by atoms with E-state index < -0.39 is 5.91 Å². The highest BCUT2D eigenvalue weighted by Gasteiger charge is 2.12. The average molecular weight is 306 g/mol. The molecule has 0 radical (unpaired) electrons. The minimum Gasteiger partial charge on any atom is -0.288 e. The fourth-order valence-corrected chi connectivity index (χ4v) is 1.50. The Labute approximate surface area is 125 Å². The number of aromatic nitrogens is 2. The van der Waals surface area contributed by atoms with Gasteiger partial charge in [-0.05, 0) is 24.3 Å². The zero-order chi connectivity index (χ0) is 15.2. The van der Waals surface area contributed by atoms with Crippen LogP contribution in [0, 0.1) is 0 Å². The van der Waals surface area contributed by atoms with Gasteiger partial charge in [-0.25, -0.2) is 26.8 Å². The molecule has 0 aliphatic carbocycles. The molecule has 8 nitrogen and oxygen atoms in total. The maximum Gasteiger partial charge on any atom is 0.278 e. The summed E-state index contributed by atoms with van der Waals surface area (Å²) in [5.74, 6) is 10.3. The lowest BCUT2D eigenvalue weighted by molar-refractivity contribution is 0.0966. The number of halogens is 1. The molecule has 0 aliphatic heterocycles. The molecule has 0 unspecified atom stereocenters. The van der Waals surface area contributed by atoms with Crippen LogP contribution in [0.2, 0.25) is 5.02 Å². The normalized spacial score (nSPS) is 11.1. The molecule has 9 heteroatoms. The van der Waals surface area contributed by atoms with Gasteiger partial charge in [0.1, 0.15) is 5.69 Å². The summed E-state index contributed by atoms with van der Waals surface area (Å²) in [6, 6.07) is 6.61. The molecule has 5 N–H and O–H groups in total. The third-order valence-corrected chi connectivity index (χ3v) is 2.58. The Balaban J connectivity index is 2.20. The third-order valence-electron chi connectivity index (χ3n) is 2.33. The maximum absolute atomic E-state index is 12.0. The Kier molecular flexibility index (Phi) is 4.77. The van der Waals surface area contributed by atoms with Crippen LogP contribution in [0.4, 0.5) is 5.69 Å². The number of nitrogens with two attached hydrogens (primary N) is 2. The van der Waals surface area contributed by atoms with Crippen LogP contribution in [-0.2, 0) is 0 Å². The van der Waals surface area contributed by atoms with Gasteiger partial charge < -0.3 is 0 Å². The summed E-state index contributed by atoms with van der Waals surface area (Å²) in [5, 5.41) is 3.71. The summed E-state index contributed by atoms with van der Waals surface area (Å²) in [6.45, 7) is 0. The molecule has 108 valence electrons. The summed E-state index contributed by atoms with van der Waals surface area (Å²) >= 11 is 5.78. The molecule has 0 spiro atoms. The number of hydrazine groups is 2.